The van der Waals surface area contributed by atoms with Gasteiger partial charge in [0.25, 0.3) is 0 Å². The first kappa shape index (κ1) is 11.9. The summed E-state index contributed by atoms with van der Waals surface area (Å²) in [7, 11) is -2.90. The lowest BCUT2D eigenvalue weighted by Gasteiger charge is -2.12. The van der Waals surface area contributed by atoms with E-state index in [4.69, 9.17) is 5.26 Å². The monoisotopic (exact) mass is 251 g/mol. The minimum atomic E-state index is -2.90. The lowest BCUT2D eigenvalue weighted by atomic mass is 10.2. The van der Waals surface area contributed by atoms with E-state index >= 15 is 0 Å². The van der Waals surface area contributed by atoms with Crippen molar-refractivity contribution in [2.24, 2.45) is 0 Å². The molecule has 5 nitrogen and oxygen atoms in total. The average Bonchev–Trinajstić information content (AvgIpc) is 2.57. The van der Waals surface area contributed by atoms with Crippen LogP contribution in [0.5, 0.6) is 0 Å². The van der Waals surface area contributed by atoms with E-state index in [0.717, 1.165) is 5.69 Å². The van der Waals surface area contributed by atoms with Crippen LogP contribution >= 0.6 is 0 Å². The first-order chi connectivity index (χ1) is 7.98. The summed E-state index contributed by atoms with van der Waals surface area (Å²) in [6.07, 6.45) is 0.597. The zero-order valence-corrected chi connectivity index (χ0v) is 10.3. The van der Waals surface area contributed by atoms with Gasteiger partial charge in [-0.3, -0.25) is 0 Å². The zero-order valence-electron chi connectivity index (χ0n) is 9.47. The van der Waals surface area contributed by atoms with Crippen molar-refractivity contribution in [2.75, 3.05) is 16.8 Å². The predicted molar refractivity (Wildman–Crippen MR) is 64.4 cm³/mol. The Morgan fingerprint density at radius 3 is 2.88 bits per heavy atom. The van der Waals surface area contributed by atoms with Crippen molar-refractivity contribution in [3.05, 3.63) is 23.4 Å². The molecule has 1 saturated heterocycles. The minimum absolute atomic E-state index is 0.0964. The number of aromatic nitrogens is 1. The summed E-state index contributed by atoms with van der Waals surface area (Å²) in [5.74, 6) is 0.940. The molecular weight excluding hydrogens is 238 g/mol. The van der Waals surface area contributed by atoms with Crippen LogP contribution in [0, 0.1) is 18.3 Å². The van der Waals surface area contributed by atoms with Crippen molar-refractivity contribution in [1.29, 1.82) is 5.26 Å². The van der Waals surface area contributed by atoms with Gasteiger partial charge in [-0.2, -0.15) is 5.26 Å². The molecule has 2 rings (SSSR count). The van der Waals surface area contributed by atoms with Gasteiger partial charge in [0.2, 0.25) is 0 Å². The fourth-order valence-electron chi connectivity index (χ4n) is 1.93. The van der Waals surface area contributed by atoms with E-state index in [9.17, 15) is 8.42 Å². The van der Waals surface area contributed by atoms with Gasteiger partial charge in [0.15, 0.2) is 9.84 Å². The fourth-order valence-corrected chi connectivity index (χ4v) is 3.60. The molecule has 1 N–H and O–H groups in total. The number of nitriles is 1. The molecule has 1 aromatic heterocycles. The standard InChI is InChI=1S/C11H13N3O2S/c1-8-4-9(6-12)5-11(13-8)14-10-2-3-17(15,16)7-10/h4-5,10H,2-3,7H2,1H3,(H,13,14). The number of rotatable bonds is 2. The molecule has 1 aliphatic rings. The number of anilines is 1. The lowest BCUT2D eigenvalue weighted by molar-refractivity contribution is 0.602. The molecular formula is C11H13N3O2S. The summed E-state index contributed by atoms with van der Waals surface area (Å²) in [4.78, 5) is 4.24. The van der Waals surface area contributed by atoms with Gasteiger partial charge in [-0.05, 0) is 25.5 Å². The van der Waals surface area contributed by atoms with Crippen LogP contribution in [0.2, 0.25) is 0 Å². The van der Waals surface area contributed by atoms with Crippen molar-refractivity contribution in [2.45, 2.75) is 19.4 Å². The van der Waals surface area contributed by atoms with Gasteiger partial charge >= 0.3 is 0 Å². The highest BCUT2D eigenvalue weighted by molar-refractivity contribution is 7.91. The van der Waals surface area contributed by atoms with Crippen LogP contribution in [0.4, 0.5) is 5.82 Å². The van der Waals surface area contributed by atoms with E-state index in [1.807, 2.05) is 0 Å². The second-order valence-electron chi connectivity index (χ2n) is 4.24. The molecule has 1 atom stereocenters. The van der Waals surface area contributed by atoms with E-state index in [-0.39, 0.29) is 17.5 Å². The van der Waals surface area contributed by atoms with Gasteiger partial charge in [-0.1, -0.05) is 0 Å². The third-order valence-electron chi connectivity index (χ3n) is 2.67. The molecule has 90 valence electrons. The summed E-state index contributed by atoms with van der Waals surface area (Å²) < 4.78 is 22.6. The highest BCUT2D eigenvalue weighted by Crippen LogP contribution is 2.17. The summed E-state index contributed by atoms with van der Waals surface area (Å²) in [5.41, 5.74) is 1.27. The van der Waals surface area contributed by atoms with E-state index in [0.29, 0.717) is 17.8 Å². The highest BCUT2D eigenvalue weighted by atomic mass is 32.2. The average molecular weight is 251 g/mol. The van der Waals surface area contributed by atoms with Gasteiger partial charge in [0, 0.05) is 11.7 Å². The van der Waals surface area contributed by atoms with Gasteiger partial charge in [-0.25, -0.2) is 13.4 Å². The van der Waals surface area contributed by atoms with Crippen molar-refractivity contribution in [3.8, 4) is 6.07 Å². The number of nitrogens with one attached hydrogen (secondary N) is 1. The first-order valence-electron chi connectivity index (χ1n) is 5.34. The Kier molecular flexibility index (Phi) is 3.03. The van der Waals surface area contributed by atoms with Crippen LogP contribution in [0.25, 0.3) is 0 Å². The van der Waals surface area contributed by atoms with Crippen molar-refractivity contribution < 1.29 is 8.42 Å². The van der Waals surface area contributed by atoms with Crippen LogP contribution in [0.15, 0.2) is 12.1 Å². The van der Waals surface area contributed by atoms with E-state index in [1.165, 1.54) is 0 Å². The fraction of sp³-hybridized carbons (Fsp3) is 0.455. The Morgan fingerprint density at radius 1 is 1.53 bits per heavy atom. The maximum absolute atomic E-state index is 11.3. The number of aryl methyl sites for hydroxylation is 1. The number of pyridine rings is 1. The molecule has 1 unspecified atom stereocenters. The Hall–Kier alpha value is -1.61. The molecule has 1 aliphatic heterocycles. The zero-order chi connectivity index (χ0) is 12.5. The van der Waals surface area contributed by atoms with Crippen LogP contribution in [-0.4, -0.2) is 30.9 Å². The molecule has 17 heavy (non-hydrogen) atoms. The summed E-state index contributed by atoms with van der Waals surface area (Å²) in [6, 6.07) is 5.28. The summed E-state index contributed by atoms with van der Waals surface area (Å²) in [6.45, 7) is 1.80. The van der Waals surface area contributed by atoms with Crippen LogP contribution < -0.4 is 5.32 Å². The molecule has 0 aliphatic carbocycles. The molecule has 2 heterocycles. The van der Waals surface area contributed by atoms with Crippen molar-refractivity contribution >= 4 is 15.7 Å². The molecule has 1 aromatic rings. The first-order valence-corrected chi connectivity index (χ1v) is 7.16. The molecule has 6 heteroatoms. The van der Waals surface area contributed by atoms with E-state index in [1.54, 1.807) is 19.1 Å². The Morgan fingerprint density at radius 2 is 2.29 bits per heavy atom. The molecule has 0 spiro atoms. The topological polar surface area (TPSA) is 82.9 Å². The number of sulfone groups is 1. The number of nitrogens with zero attached hydrogens (tertiary/aromatic N) is 2. The van der Waals surface area contributed by atoms with E-state index < -0.39 is 9.84 Å². The second kappa shape index (κ2) is 4.34. The molecule has 0 amide bonds. The van der Waals surface area contributed by atoms with Crippen LogP contribution in [0.3, 0.4) is 0 Å². The summed E-state index contributed by atoms with van der Waals surface area (Å²) >= 11 is 0. The minimum Gasteiger partial charge on any atom is -0.366 e. The molecule has 0 saturated carbocycles. The normalized spacial score (nSPS) is 22.0. The molecule has 0 bridgehead atoms. The molecule has 0 aromatic carbocycles. The van der Waals surface area contributed by atoms with Crippen LogP contribution in [-0.2, 0) is 9.84 Å². The Labute approximate surface area is 100 Å². The van der Waals surface area contributed by atoms with E-state index in [2.05, 4.69) is 16.4 Å². The third kappa shape index (κ3) is 2.94. The van der Waals surface area contributed by atoms with Crippen LogP contribution in [0.1, 0.15) is 17.7 Å². The Bertz CT molecular complexity index is 575. The predicted octanol–water partition coefficient (Wildman–Crippen LogP) is 0.861. The quantitative estimate of drug-likeness (QED) is 0.843. The smallest absolute Gasteiger partial charge is 0.152 e. The maximum atomic E-state index is 11.3. The van der Waals surface area contributed by atoms with Crippen molar-refractivity contribution in [1.82, 2.24) is 4.98 Å². The molecule has 1 fully saturated rings. The number of hydrogen-bond acceptors (Lipinski definition) is 5. The van der Waals surface area contributed by atoms with Gasteiger partial charge in [0.1, 0.15) is 5.82 Å². The van der Waals surface area contributed by atoms with Crippen molar-refractivity contribution in [3.63, 3.8) is 0 Å². The van der Waals surface area contributed by atoms with Gasteiger partial charge in [-0.15, -0.1) is 0 Å². The SMILES string of the molecule is Cc1cc(C#N)cc(NC2CCS(=O)(=O)C2)n1. The highest BCUT2D eigenvalue weighted by Gasteiger charge is 2.27. The third-order valence-corrected chi connectivity index (χ3v) is 4.43. The Balaban J connectivity index is 2.15. The maximum Gasteiger partial charge on any atom is 0.152 e. The molecule has 0 radical (unpaired) electrons. The second-order valence-corrected chi connectivity index (χ2v) is 6.47. The lowest BCUT2D eigenvalue weighted by Crippen LogP contribution is -2.21. The van der Waals surface area contributed by atoms with Gasteiger partial charge in [0.05, 0.1) is 23.1 Å². The summed E-state index contributed by atoms with van der Waals surface area (Å²) in [5, 5.41) is 11.9. The largest absolute Gasteiger partial charge is 0.366 e. The van der Waals surface area contributed by atoms with Gasteiger partial charge < -0.3 is 5.32 Å². The number of hydrogen-bond donors (Lipinski definition) is 1.